The van der Waals surface area contributed by atoms with E-state index in [1.807, 2.05) is 0 Å². The van der Waals surface area contributed by atoms with Crippen LogP contribution in [0.4, 0.5) is 0 Å². The zero-order chi connectivity index (χ0) is 11.3. The fourth-order valence-electron chi connectivity index (χ4n) is 1.06. The number of carbonyl (C=O) groups is 2. The monoisotopic (exact) mass is 216 g/mol. The Labute approximate surface area is 87.7 Å². The molecular formula is C9H16N2O4. The Kier molecular flexibility index (Phi) is 4.51. The fraction of sp³-hybridized carbons (Fsp3) is 0.778. The number of aliphatic hydroxyl groups excluding tert-OH is 1. The van der Waals surface area contributed by atoms with Crippen LogP contribution in [0.15, 0.2) is 0 Å². The van der Waals surface area contributed by atoms with Crippen LogP contribution in [0.3, 0.4) is 0 Å². The summed E-state index contributed by atoms with van der Waals surface area (Å²) in [6.45, 7) is 0.437. The summed E-state index contributed by atoms with van der Waals surface area (Å²) in [5.74, 6) is -1.43. The molecule has 86 valence electrons. The van der Waals surface area contributed by atoms with E-state index in [9.17, 15) is 9.59 Å². The maximum atomic E-state index is 11.1. The molecule has 1 amide bonds. The molecule has 1 fully saturated rings. The van der Waals surface area contributed by atoms with Crippen LogP contribution < -0.4 is 10.6 Å². The van der Waals surface area contributed by atoms with E-state index in [4.69, 9.17) is 10.2 Å². The van der Waals surface area contributed by atoms with Crippen LogP contribution in [-0.4, -0.2) is 47.3 Å². The molecule has 0 saturated heterocycles. The summed E-state index contributed by atoms with van der Waals surface area (Å²) in [4.78, 5) is 21.3. The van der Waals surface area contributed by atoms with Crippen LogP contribution in [0.25, 0.3) is 0 Å². The molecule has 0 spiro atoms. The first-order valence-corrected chi connectivity index (χ1v) is 5.00. The van der Waals surface area contributed by atoms with E-state index in [1.54, 1.807) is 0 Å². The highest BCUT2D eigenvalue weighted by Gasteiger charge is 2.21. The zero-order valence-electron chi connectivity index (χ0n) is 8.40. The quantitative estimate of drug-likeness (QED) is 0.423. The van der Waals surface area contributed by atoms with Gasteiger partial charge in [0.25, 0.3) is 0 Å². The summed E-state index contributed by atoms with van der Waals surface area (Å²) in [5, 5.41) is 22.8. The molecule has 1 aliphatic rings. The second-order valence-corrected chi connectivity index (χ2v) is 3.65. The van der Waals surface area contributed by atoms with Gasteiger partial charge in [0.1, 0.15) is 0 Å². The molecule has 6 heteroatoms. The lowest BCUT2D eigenvalue weighted by atomic mass is 10.2. The van der Waals surface area contributed by atoms with Gasteiger partial charge in [-0.1, -0.05) is 0 Å². The number of carboxylic acids is 1. The Morgan fingerprint density at radius 3 is 2.60 bits per heavy atom. The normalized spacial score (nSPS) is 17.1. The van der Waals surface area contributed by atoms with E-state index in [0.29, 0.717) is 6.04 Å². The van der Waals surface area contributed by atoms with Crippen LogP contribution >= 0.6 is 0 Å². The lowest BCUT2D eigenvalue weighted by molar-refractivity contribution is -0.147. The van der Waals surface area contributed by atoms with Gasteiger partial charge in [-0.3, -0.25) is 4.79 Å². The molecule has 1 unspecified atom stereocenters. The van der Waals surface area contributed by atoms with E-state index < -0.39 is 12.1 Å². The molecule has 0 radical (unpaired) electrons. The number of carboxylic acid groups (broad SMARTS) is 1. The number of nitrogens with one attached hydrogen (secondary N) is 2. The van der Waals surface area contributed by atoms with Crippen LogP contribution in [-0.2, 0) is 9.59 Å². The van der Waals surface area contributed by atoms with Crippen LogP contribution in [0.2, 0.25) is 0 Å². The van der Waals surface area contributed by atoms with Crippen molar-refractivity contribution in [2.45, 2.75) is 31.4 Å². The summed E-state index contributed by atoms with van der Waals surface area (Å²) in [6, 6.07) is 0.473. The topological polar surface area (TPSA) is 98.7 Å². The van der Waals surface area contributed by atoms with Gasteiger partial charge < -0.3 is 20.8 Å². The fourth-order valence-corrected chi connectivity index (χ4v) is 1.06. The van der Waals surface area contributed by atoms with Crippen molar-refractivity contribution in [2.75, 3.05) is 13.1 Å². The molecular weight excluding hydrogens is 200 g/mol. The van der Waals surface area contributed by atoms with Gasteiger partial charge in [0.2, 0.25) is 5.91 Å². The lowest BCUT2D eigenvalue weighted by Crippen LogP contribution is -2.36. The van der Waals surface area contributed by atoms with Gasteiger partial charge in [-0.25, -0.2) is 4.79 Å². The minimum atomic E-state index is -1.40. The molecule has 1 saturated carbocycles. The first-order chi connectivity index (χ1) is 7.09. The third kappa shape index (κ3) is 5.34. The molecule has 15 heavy (non-hydrogen) atoms. The molecule has 1 rings (SSSR count). The van der Waals surface area contributed by atoms with E-state index in [-0.39, 0.29) is 25.4 Å². The summed E-state index contributed by atoms with van der Waals surface area (Å²) in [6.07, 6.45) is 0.863. The molecule has 1 aliphatic carbocycles. The second-order valence-electron chi connectivity index (χ2n) is 3.65. The number of aliphatic carboxylic acids is 1. The van der Waals surface area contributed by atoms with E-state index in [2.05, 4.69) is 10.6 Å². The average Bonchev–Trinajstić information content (AvgIpc) is 2.97. The van der Waals surface area contributed by atoms with Gasteiger partial charge in [0.05, 0.1) is 6.54 Å². The third-order valence-electron chi connectivity index (χ3n) is 2.15. The van der Waals surface area contributed by atoms with Crippen molar-refractivity contribution in [3.05, 3.63) is 0 Å². The smallest absolute Gasteiger partial charge is 0.332 e. The highest BCUT2D eigenvalue weighted by molar-refractivity contribution is 5.78. The number of carbonyl (C=O) groups excluding carboxylic acids is 1. The summed E-state index contributed by atoms with van der Waals surface area (Å²) in [5.41, 5.74) is 0. The van der Waals surface area contributed by atoms with Crippen molar-refractivity contribution in [1.29, 1.82) is 0 Å². The average molecular weight is 216 g/mol. The Hall–Kier alpha value is -1.14. The number of hydrogen-bond acceptors (Lipinski definition) is 4. The predicted molar refractivity (Wildman–Crippen MR) is 52.3 cm³/mol. The Morgan fingerprint density at radius 1 is 1.40 bits per heavy atom. The molecule has 0 aromatic rings. The molecule has 0 bridgehead atoms. The summed E-state index contributed by atoms with van der Waals surface area (Å²) in [7, 11) is 0. The number of rotatable bonds is 7. The van der Waals surface area contributed by atoms with Crippen molar-refractivity contribution < 1.29 is 19.8 Å². The molecule has 0 heterocycles. The molecule has 0 aromatic heterocycles. The third-order valence-corrected chi connectivity index (χ3v) is 2.15. The van der Waals surface area contributed by atoms with Gasteiger partial charge in [-0.15, -0.1) is 0 Å². The Balaban J connectivity index is 1.98. The lowest BCUT2D eigenvalue weighted by Gasteiger charge is -2.07. The van der Waals surface area contributed by atoms with Gasteiger partial charge in [-0.05, 0) is 12.8 Å². The SMILES string of the molecule is O=C(CNC1CC1)NCCC(O)C(=O)O. The molecule has 1 atom stereocenters. The first kappa shape index (κ1) is 11.9. The Morgan fingerprint density at radius 2 is 2.07 bits per heavy atom. The molecule has 4 N–H and O–H groups in total. The van der Waals surface area contributed by atoms with Gasteiger partial charge in [0.15, 0.2) is 6.10 Å². The second kappa shape index (κ2) is 5.67. The highest BCUT2D eigenvalue weighted by Crippen LogP contribution is 2.17. The predicted octanol–water partition coefficient (Wildman–Crippen LogP) is -1.31. The van der Waals surface area contributed by atoms with Crippen LogP contribution in [0.5, 0.6) is 0 Å². The van der Waals surface area contributed by atoms with Crippen LogP contribution in [0, 0.1) is 0 Å². The van der Waals surface area contributed by atoms with E-state index >= 15 is 0 Å². The van der Waals surface area contributed by atoms with Gasteiger partial charge >= 0.3 is 5.97 Å². The first-order valence-electron chi connectivity index (χ1n) is 5.00. The standard InChI is InChI=1S/C9H16N2O4/c12-7(9(14)15)3-4-10-8(13)5-11-6-1-2-6/h6-7,11-12H,1-5H2,(H,10,13)(H,14,15). The summed E-state index contributed by atoms with van der Waals surface area (Å²) >= 11 is 0. The summed E-state index contributed by atoms with van der Waals surface area (Å²) < 4.78 is 0. The largest absolute Gasteiger partial charge is 0.479 e. The maximum absolute atomic E-state index is 11.1. The van der Waals surface area contributed by atoms with Crippen molar-refractivity contribution in [1.82, 2.24) is 10.6 Å². The molecule has 0 aromatic carbocycles. The van der Waals surface area contributed by atoms with E-state index in [1.165, 1.54) is 0 Å². The maximum Gasteiger partial charge on any atom is 0.332 e. The van der Waals surface area contributed by atoms with Crippen molar-refractivity contribution >= 4 is 11.9 Å². The number of hydrogen-bond donors (Lipinski definition) is 4. The van der Waals surface area contributed by atoms with Crippen molar-refractivity contribution in [2.24, 2.45) is 0 Å². The number of amides is 1. The minimum absolute atomic E-state index is 0.0322. The van der Waals surface area contributed by atoms with E-state index in [0.717, 1.165) is 12.8 Å². The van der Waals surface area contributed by atoms with Crippen LogP contribution in [0.1, 0.15) is 19.3 Å². The highest BCUT2D eigenvalue weighted by atomic mass is 16.4. The van der Waals surface area contributed by atoms with Gasteiger partial charge in [0, 0.05) is 19.0 Å². The minimum Gasteiger partial charge on any atom is -0.479 e. The van der Waals surface area contributed by atoms with Crippen molar-refractivity contribution in [3.63, 3.8) is 0 Å². The van der Waals surface area contributed by atoms with Gasteiger partial charge in [-0.2, -0.15) is 0 Å². The molecule has 6 nitrogen and oxygen atoms in total. The Bertz CT molecular complexity index is 240. The van der Waals surface area contributed by atoms with Crippen molar-refractivity contribution in [3.8, 4) is 0 Å². The zero-order valence-corrected chi connectivity index (χ0v) is 8.40. The number of aliphatic hydroxyl groups is 1. The molecule has 0 aliphatic heterocycles.